The van der Waals surface area contributed by atoms with Gasteiger partial charge in [0.1, 0.15) is 6.04 Å². The molecule has 0 saturated heterocycles. The van der Waals surface area contributed by atoms with E-state index in [2.05, 4.69) is 0 Å². The molecule has 1 unspecified atom stereocenters. The number of hydrogen-bond donors (Lipinski definition) is 4. The lowest BCUT2D eigenvalue weighted by atomic mass is 10.1. The molecule has 0 bridgehead atoms. The van der Waals surface area contributed by atoms with E-state index in [1.54, 1.807) is 65.8 Å². The predicted octanol–water partition coefficient (Wildman–Crippen LogP) is 0.785. The standard InChI is InChI=1S/C18H20N4O4/c1-11(18(25)21-26)22(15-7-3-6-14(9-15)17(20)24)10-12-4-2-5-13(8-12)16(19)23/h2-9,11,26H,10H2,1H3,(H2,19,23)(H2,20,24)(H,21,25). The van der Waals surface area contributed by atoms with Gasteiger partial charge >= 0.3 is 0 Å². The second-order valence-corrected chi connectivity index (χ2v) is 5.76. The minimum absolute atomic E-state index is 0.234. The van der Waals surface area contributed by atoms with Gasteiger partial charge in [0.15, 0.2) is 0 Å². The van der Waals surface area contributed by atoms with Crippen molar-refractivity contribution in [2.24, 2.45) is 11.5 Å². The number of nitrogens with zero attached hydrogens (tertiary/aromatic N) is 1. The third-order valence-corrected chi connectivity index (χ3v) is 3.98. The van der Waals surface area contributed by atoms with Crippen molar-refractivity contribution in [3.63, 3.8) is 0 Å². The van der Waals surface area contributed by atoms with Crippen LogP contribution in [0.5, 0.6) is 0 Å². The van der Waals surface area contributed by atoms with Crippen LogP contribution in [0.25, 0.3) is 0 Å². The van der Waals surface area contributed by atoms with Crippen molar-refractivity contribution in [1.82, 2.24) is 5.48 Å². The van der Waals surface area contributed by atoms with Gasteiger partial charge < -0.3 is 16.4 Å². The van der Waals surface area contributed by atoms with E-state index in [1.807, 2.05) is 0 Å². The van der Waals surface area contributed by atoms with E-state index >= 15 is 0 Å². The number of nitrogens with one attached hydrogen (secondary N) is 1. The molecule has 2 aromatic carbocycles. The molecular formula is C18H20N4O4. The molecule has 2 rings (SSSR count). The largest absolute Gasteiger partial charge is 0.366 e. The fourth-order valence-electron chi connectivity index (χ4n) is 2.54. The van der Waals surface area contributed by atoms with E-state index in [9.17, 15) is 14.4 Å². The highest BCUT2D eigenvalue weighted by Crippen LogP contribution is 2.22. The number of carbonyl (C=O) groups is 3. The van der Waals surface area contributed by atoms with Crippen LogP contribution in [0.3, 0.4) is 0 Å². The molecule has 8 heteroatoms. The summed E-state index contributed by atoms with van der Waals surface area (Å²) in [5, 5.41) is 8.97. The van der Waals surface area contributed by atoms with E-state index in [4.69, 9.17) is 16.7 Å². The summed E-state index contributed by atoms with van der Waals surface area (Å²) in [6.45, 7) is 1.83. The number of hydroxylamine groups is 1. The molecule has 136 valence electrons. The van der Waals surface area contributed by atoms with Gasteiger partial charge in [-0.05, 0) is 42.8 Å². The zero-order chi connectivity index (χ0) is 19.3. The van der Waals surface area contributed by atoms with Gasteiger partial charge in [0, 0.05) is 23.4 Å². The smallest absolute Gasteiger partial charge is 0.265 e. The maximum absolute atomic E-state index is 11.9. The van der Waals surface area contributed by atoms with Crippen molar-refractivity contribution in [3.05, 3.63) is 65.2 Å². The Bertz CT molecular complexity index is 837. The Morgan fingerprint density at radius 3 is 2.19 bits per heavy atom. The minimum Gasteiger partial charge on any atom is -0.366 e. The fourth-order valence-corrected chi connectivity index (χ4v) is 2.54. The predicted molar refractivity (Wildman–Crippen MR) is 95.5 cm³/mol. The molecule has 0 saturated carbocycles. The van der Waals surface area contributed by atoms with Crippen molar-refractivity contribution >= 4 is 23.4 Å². The maximum atomic E-state index is 11.9. The Kier molecular flexibility index (Phi) is 5.92. The van der Waals surface area contributed by atoms with Gasteiger partial charge in [0.05, 0.1) is 0 Å². The van der Waals surface area contributed by atoms with Crippen LogP contribution in [0.4, 0.5) is 5.69 Å². The van der Waals surface area contributed by atoms with Gasteiger partial charge in [-0.3, -0.25) is 19.6 Å². The number of carbonyl (C=O) groups excluding carboxylic acids is 3. The Morgan fingerprint density at radius 1 is 1.04 bits per heavy atom. The topological polar surface area (TPSA) is 139 Å². The monoisotopic (exact) mass is 356 g/mol. The van der Waals surface area contributed by atoms with E-state index < -0.39 is 23.8 Å². The van der Waals surface area contributed by atoms with Crippen LogP contribution in [-0.4, -0.2) is 29.0 Å². The zero-order valence-corrected chi connectivity index (χ0v) is 14.2. The van der Waals surface area contributed by atoms with Crippen LogP contribution >= 0.6 is 0 Å². The van der Waals surface area contributed by atoms with Crippen LogP contribution < -0.4 is 21.8 Å². The first kappa shape index (κ1) is 18.9. The van der Waals surface area contributed by atoms with Crippen LogP contribution in [0.1, 0.15) is 33.2 Å². The average Bonchev–Trinajstić information content (AvgIpc) is 2.65. The van der Waals surface area contributed by atoms with Gasteiger partial charge in [0.25, 0.3) is 5.91 Å². The van der Waals surface area contributed by atoms with Gasteiger partial charge in [-0.2, -0.15) is 0 Å². The molecule has 0 fully saturated rings. The molecule has 3 amide bonds. The molecule has 0 aliphatic rings. The van der Waals surface area contributed by atoms with Gasteiger partial charge in [-0.25, -0.2) is 5.48 Å². The Balaban J connectivity index is 2.43. The van der Waals surface area contributed by atoms with Crippen LogP contribution in [0.15, 0.2) is 48.5 Å². The Labute approximate surface area is 150 Å². The van der Waals surface area contributed by atoms with E-state index in [-0.39, 0.29) is 12.1 Å². The summed E-state index contributed by atoms with van der Waals surface area (Å²) in [4.78, 5) is 36.4. The number of amides is 3. The number of anilines is 1. The van der Waals surface area contributed by atoms with Crippen molar-refractivity contribution < 1.29 is 19.6 Å². The summed E-state index contributed by atoms with van der Waals surface area (Å²) in [6.07, 6.45) is 0. The molecule has 6 N–H and O–H groups in total. The molecular weight excluding hydrogens is 336 g/mol. The second kappa shape index (κ2) is 8.13. The summed E-state index contributed by atoms with van der Waals surface area (Å²) in [5.41, 5.74) is 14.2. The molecule has 2 aromatic rings. The number of benzene rings is 2. The van der Waals surface area contributed by atoms with E-state index in [1.165, 1.54) is 0 Å². The van der Waals surface area contributed by atoms with Crippen molar-refractivity contribution in [2.45, 2.75) is 19.5 Å². The number of rotatable bonds is 7. The normalized spacial score (nSPS) is 11.5. The Hall–Kier alpha value is -3.39. The molecule has 0 radical (unpaired) electrons. The number of nitrogens with two attached hydrogens (primary N) is 2. The summed E-state index contributed by atoms with van der Waals surface area (Å²) < 4.78 is 0. The molecule has 0 aromatic heterocycles. The first-order chi connectivity index (χ1) is 12.3. The highest BCUT2D eigenvalue weighted by molar-refractivity contribution is 5.94. The molecule has 8 nitrogen and oxygen atoms in total. The molecule has 26 heavy (non-hydrogen) atoms. The first-order valence-electron chi connectivity index (χ1n) is 7.82. The summed E-state index contributed by atoms with van der Waals surface area (Å²) in [7, 11) is 0. The maximum Gasteiger partial charge on any atom is 0.265 e. The van der Waals surface area contributed by atoms with Crippen molar-refractivity contribution in [3.8, 4) is 0 Å². The summed E-state index contributed by atoms with van der Waals surface area (Å²) in [5.74, 6) is -1.78. The minimum atomic E-state index is -0.764. The number of hydrogen-bond acceptors (Lipinski definition) is 5. The first-order valence-corrected chi connectivity index (χ1v) is 7.82. The van der Waals surface area contributed by atoms with Crippen LogP contribution in [-0.2, 0) is 11.3 Å². The molecule has 0 aliphatic carbocycles. The van der Waals surface area contributed by atoms with E-state index in [0.717, 1.165) is 5.56 Å². The molecule has 0 heterocycles. The lowest BCUT2D eigenvalue weighted by molar-refractivity contribution is -0.130. The van der Waals surface area contributed by atoms with Crippen LogP contribution in [0.2, 0.25) is 0 Å². The lowest BCUT2D eigenvalue weighted by Gasteiger charge is -2.30. The number of primary amides is 2. The van der Waals surface area contributed by atoms with E-state index in [0.29, 0.717) is 11.3 Å². The third-order valence-electron chi connectivity index (χ3n) is 3.98. The van der Waals surface area contributed by atoms with Gasteiger partial charge in [-0.1, -0.05) is 18.2 Å². The molecule has 0 aliphatic heterocycles. The SMILES string of the molecule is CC(C(=O)NO)N(Cc1cccc(C(N)=O)c1)c1cccc(C(N)=O)c1. The summed E-state index contributed by atoms with van der Waals surface area (Å²) in [6, 6.07) is 12.4. The Morgan fingerprint density at radius 2 is 1.62 bits per heavy atom. The van der Waals surface area contributed by atoms with Crippen molar-refractivity contribution in [2.75, 3.05) is 4.90 Å². The highest BCUT2D eigenvalue weighted by Gasteiger charge is 2.22. The van der Waals surface area contributed by atoms with Crippen molar-refractivity contribution in [1.29, 1.82) is 0 Å². The zero-order valence-electron chi connectivity index (χ0n) is 14.2. The average molecular weight is 356 g/mol. The highest BCUT2D eigenvalue weighted by atomic mass is 16.5. The summed E-state index contributed by atoms with van der Waals surface area (Å²) >= 11 is 0. The third kappa shape index (κ3) is 4.37. The molecule has 1 atom stereocenters. The van der Waals surface area contributed by atoms with Gasteiger partial charge in [-0.15, -0.1) is 0 Å². The quantitative estimate of drug-likeness (QED) is 0.429. The fraction of sp³-hybridized carbons (Fsp3) is 0.167. The lowest BCUT2D eigenvalue weighted by Crippen LogP contribution is -2.44. The second-order valence-electron chi connectivity index (χ2n) is 5.76. The van der Waals surface area contributed by atoms with Crippen LogP contribution in [0, 0.1) is 0 Å². The van der Waals surface area contributed by atoms with Gasteiger partial charge in [0.2, 0.25) is 11.8 Å². The molecule has 0 spiro atoms.